The van der Waals surface area contributed by atoms with E-state index in [0.717, 1.165) is 13.0 Å². The van der Waals surface area contributed by atoms with Gasteiger partial charge in [0.15, 0.2) is 0 Å². The van der Waals surface area contributed by atoms with Crippen LogP contribution in [-0.4, -0.2) is 42.8 Å². The second-order valence-electron chi connectivity index (χ2n) is 5.66. The first-order valence-corrected chi connectivity index (χ1v) is 8.34. The molecule has 0 aromatic heterocycles. The van der Waals surface area contributed by atoms with Crippen molar-refractivity contribution in [3.05, 3.63) is 34.4 Å². The van der Waals surface area contributed by atoms with E-state index in [2.05, 4.69) is 5.32 Å². The highest BCUT2D eigenvalue weighted by Gasteiger charge is 2.47. The van der Waals surface area contributed by atoms with E-state index >= 15 is 0 Å². The number of nitro benzene ring substituents is 1. The van der Waals surface area contributed by atoms with Gasteiger partial charge in [-0.25, -0.2) is 8.42 Å². The monoisotopic (exact) mass is 311 g/mol. The van der Waals surface area contributed by atoms with Crippen LogP contribution in [-0.2, 0) is 10.0 Å². The van der Waals surface area contributed by atoms with E-state index in [1.54, 1.807) is 4.31 Å². The number of benzene rings is 1. The third-order valence-corrected chi connectivity index (χ3v) is 6.39. The van der Waals surface area contributed by atoms with Gasteiger partial charge in [-0.05, 0) is 37.9 Å². The van der Waals surface area contributed by atoms with Crippen LogP contribution in [0.1, 0.15) is 13.3 Å². The van der Waals surface area contributed by atoms with Gasteiger partial charge in [0.1, 0.15) is 0 Å². The zero-order chi connectivity index (χ0) is 15.2. The van der Waals surface area contributed by atoms with Crippen molar-refractivity contribution < 1.29 is 13.3 Å². The summed E-state index contributed by atoms with van der Waals surface area (Å²) < 4.78 is 27.2. The Kier molecular flexibility index (Phi) is 3.46. The molecule has 114 valence electrons. The second kappa shape index (κ2) is 5.04. The molecule has 0 bridgehead atoms. The lowest BCUT2D eigenvalue weighted by molar-refractivity contribution is -0.384. The lowest BCUT2D eigenvalue weighted by Crippen LogP contribution is -2.42. The van der Waals surface area contributed by atoms with Crippen LogP contribution in [0.15, 0.2) is 29.2 Å². The predicted molar refractivity (Wildman–Crippen MR) is 76.3 cm³/mol. The molecule has 0 saturated carbocycles. The average molecular weight is 311 g/mol. The summed E-state index contributed by atoms with van der Waals surface area (Å²) >= 11 is 0. The fraction of sp³-hybridized carbons (Fsp3) is 0.538. The summed E-state index contributed by atoms with van der Waals surface area (Å²) in [5.41, 5.74) is -0.108. The third-order valence-electron chi connectivity index (χ3n) is 4.33. The Morgan fingerprint density at radius 3 is 2.57 bits per heavy atom. The zero-order valence-electron chi connectivity index (χ0n) is 11.6. The van der Waals surface area contributed by atoms with Gasteiger partial charge in [-0.1, -0.05) is 0 Å². The van der Waals surface area contributed by atoms with E-state index < -0.39 is 14.9 Å². The van der Waals surface area contributed by atoms with Gasteiger partial charge in [0, 0.05) is 30.8 Å². The van der Waals surface area contributed by atoms with E-state index in [0.29, 0.717) is 12.5 Å². The van der Waals surface area contributed by atoms with Gasteiger partial charge in [0.25, 0.3) is 5.69 Å². The van der Waals surface area contributed by atoms with Crippen molar-refractivity contribution in [3.63, 3.8) is 0 Å². The summed E-state index contributed by atoms with van der Waals surface area (Å²) in [5, 5.41) is 13.9. The normalized spacial score (nSPS) is 29.5. The Bertz CT molecular complexity index is 658. The van der Waals surface area contributed by atoms with E-state index in [-0.39, 0.29) is 22.7 Å². The van der Waals surface area contributed by atoms with Crippen molar-refractivity contribution >= 4 is 15.7 Å². The second-order valence-corrected chi connectivity index (χ2v) is 7.50. The standard InChI is InChI=1S/C13H17N3O4S/c1-9-6-10-7-14-8-13(10)15(9)21(19,20)12-4-2-11(3-5-12)16(17)18/h2-5,9-10,13-14H,6-8H2,1H3/t9-,10+,13-/m1/s1. The molecule has 1 aromatic rings. The van der Waals surface area contributed by atoms with Gasteiger partial charge in [-0.3, -0.25) is 10.1 Å². The molecule has 3 rings (SSSR count). The van der Waals surface area contributed by atoms with Crippen LogP contribution >= 0.6 is 0 Å². The summed E-state index contributed by atoms with van der Waals surface area (Å²) in [6.07, 6.45) is 0.851. The summed E-state index contributed by atoms with van der Waals surface area (Å²) in [4.78, 5) is 10.2. The van der Waals surface area contributed by atoms with Crippen LogP contribution in [0.3, 0.4) is 0 Å². The number of hydrogen-bond donors (Lipinski definition) is 1. The van der Waals surface area contributed by atoms with Crippen molar-refractivity contribution in [3.8, 4) is 0 Å². The lowest BCUT2D eigenvalue weighted by atomic mass is 10.0. The number of nitrogens with one attached hydrogen (secondary N) is 1. The highest BCUT2D eigenvalue weighted by Crippen LogP contribution is 2.36. The molecule has 3 atom stereocenters. The predicted octanol–water partition coefficient (Wildman–Crippen LogP) is 0.966. The van der Waals surface area contributed by atoms with Gasteiger partial charge in [-0.2, -0.15) is 4.31 Å². The molecule has 1 aromatic carbocycles. The fourth-order valence-electron chi connectivity index (χ4n) is 3.40. The van der Waals surface area contributed by atoms with Crippen LogP contribution in [0.2, 0.25) is 0 Å². The molecule has 2 aliphatic rings. The summed E-state index contributed by atoms with van der Waals surface area (Å²) in [6.45, 7) is 3.43. The summed E-state index contributed by atoms with van der Waals surface area (Å²) in [5.74, 6) is 0.354. The molecule has 0 amide bonds. The molecular formula is C13H17N3O4S. The number of hydrogen-bond acceptors (Lipinski definition) is 5. The number of sulfonamides is 1. The third kappa shape index (κ3) is 2.33. The average Bonchev–Trinajstić information content (AvgIpc) is 2.98. The Balaban J connectivity index is 1.94. The highest BCUT2D eigenvalue weighted by atomic mass is 32.2. The molecule has 2 aliphatic heterocycles. The van der Waals surface area contributed by atoms with E-state index in [9.17, 15) is 18.5 Å². The van der Waals surface area contributed by atoms with Crippen molar-refractivity contribution in [2.24, 2.45) is 5.92 Å². The molecule has 8 heteroatoms. The van der Waals surface area contributed by atoms with Gasteiger partial charge >= 0.3 is 0 Å². The van der Waals surface area contributed by atoms with Crippen molar-refractivity contribution in [1.29, 1.82) is 0 Å². The lowest BCUT2D eigenvalue weighted by Gasteiger charge is -2.26. The van der Waals surface area contributed by atoms with Crippen LogP contribution in [0.25, 0.3) is 0 Å². The minimum atomic E-state index is -3.61. The fourth-order valence-corrected chi connectivity index (χ4v) is 5.29. The number of nitrogens with zero attached hydrogens (tertiary/aromatic N) is 2. The maximum atomic E-state index is 12.8. The number of non-ortho nitro benzene ring substituents is 1. The Morgan fingerprint density at radius 2 is 1.95 bits per heavy atom. The maximum Gasteiger partial charge on any atom is 0.269 e. The number of fused-ring (bicyclic) bond motifs is 1. The molecular weight excluding hydrogens is 294 g/mol. The quantitative estimate of drug-likeness (QED) is 0.663. The van der Waals surface area contributed by atoms with Gasteiger partial charge in [0.2, 0.25) is 10.0 Å². The Hall–Kier alpha value is -1.51. The highest BCUT2D eigenvalue weighted by molar-refractivity contribution is 7.89. The van der Waals surface area contributed by atoms with Gasteiger partial charge in [0.05, 0.1) is 9.82 Å². The molecule has 0 radical (unpaired) electrons. The van der Waals surface area contributed by atoms with Crippen LogP contribution in [0.4, 0.5) is 5.69 Å². The van der Waals surface area contributed by atoms with E-state index in [1.807, 2.05) is 6.92 Å². The van der Waals surface area contributed by atoms with Crippen LogP contribution in [0.5, 0.6) is 0 Å². The molecule has 7 nitrogen and oxygen atoms in total. The first kappa shape index (κ1) is 14.4. The first-order chi connectivity index (χ1) is 9.91. The Labute approximate surface area is 123 Å². The molecule has 1 N–H and O–H groups in total. The largest absolute Gasteiger partial charge is 0.315 e. The number of rotatable bonds is 3. The molecule has 0 aliphatic carbocycles. The van der Waals surface area contributed by atoms with Crippen molar-refractivity contribution in [2.75, 3.05) is 13.1 Å². The summed E-state index contributed by atoms with van der Waals surface area (Å²) in [7, 11) is -3.61. The molecule has 2 heterocycles. The summed E-state index contributed by atoms with van der Waals surface area (Å²) in [6, 6.07) is 5.05. The van der Waals surface area contributed by atoms with E-state index in [1.165, 1.54) is 24.3 Å². The van der Waals surface area contributed by atoms with Crippen molar-refractivity contribution in [2.45, 2.75) is 30.3 Å². The molecule has 2 fully saturated rings. The SMILES string of the molecule is C[C@@H]1C[C@H]2CNC[C@H]2N1S(=O)(=O)c1ccc([N+](=O)[O-])cc1. The maximum absolute atomic E-state index is 12.8. The number of nitro groups is 1. The minimum Gasteiger partial charge on any atom is -0.315 e. The van der Waals surface area contributed by atoms with Crippen LogP contribution in [0, 0.1) is 16.0 Å². The first-order valence-electron chi connectivity index (χ1n) is 6.90. The molecule has 2 saturated heterocycles. The van der Waals surface area contributed by atoms with Gasteiger partial charge < -0.3 is 5.32 Å². The van der Waals surface area contributed by atoms with Crippen LogP contribution < -0.4 is 5.32 Å². The minimum absolute atomic E-state index is 0.0137. The molecule has 0 unspecified atom stereocenters. The van der Waals surface area contributed by atoms with E-state index in [4.69, 9.17) is 0 Å². The zero-order valence-corrected chi connectivity index (χ0v) is 12.4. The topological polar surface area (TPSA) is 92.6 Å². The smallest absolute Gasteiger partial charge is 0.269 e. The van der Waals surface area contributed by atoms with Crippen molar-refractivity contribution in [1.82, 2.24) is 9.62 Å². The van der Waals surface area contributed by atoms with Gasteiger partial charge in [-0.15, -0.1) is 0 Å². The molecule has 21 heavy (non-hydrogen) atoms. The molecule has 0 spiro atoms. The Morgan fingerprint density at radius 1 is 1.29 bits per heavy atom.